The molecule has 2 N–H and O–H groups in total. The highest BCUT2D eigenvalue weighted by atomic mass is 32.2. The minimum absolute atomic E-state index is 0.00788. The van der Waals surface area contributed by atoms with Crippen LogP contribution in [0, 0.1) is 11.3 Å². The molecule has 0 amide bonds. The molecule has 28 heavy (non-hydrogen) atoms. The summed E-state index contributed by atoms with van der Waals surface area (Å²) in [6.07, 6.45) is 2.08. The third kappa shape index (κ3) is 4.75. The summed E-state index contributed by atoms with van der Waals surface area (Å²) in [6.45, 7) is 0.196. The molecular formula is C18H19N3O6S. The first kappa shape index (κ1) is 21.1. The van der Waals surface area contributed by atoms with Crippen LogP contribution in [0.15, 0.2) is 22.1 Å². The Balaban J connectivity index is 2.54. The van der Waals surface area contributed by atoms with E-state index in [2.05, 4.69) is 9.97 Å². The van der Waals surface area contributed by atoms with E-state index >= 15 is 0 Å². The van der Waals surface area contributed by atoms with Gasteiger partial charge in [0, 0.05) is 18.6 Å². The van der Waals surface area contributed by atoms with Crippen LogP contribution in [-0.4, -0.2) is 48.1 Å². The van der Waals surface area contributed by atoms with Gasteiger partial charge in [-0.25, -0.2) is 4.98 Å². The van der Waals surface area contributed by atoms with Gasteiger partial charge in [-0.2, -0.15) is 5.26 Å². The number of benzene rings is 1. The molecule has 0 spiro atoms. The fourth-order valence-electron chi connectivity index (χ4n) is 2.45. The monoisotopic (exact) mass is 405 g/mol. The zero-order valence-corrected chi connectivity index (χ0v) is 16.4. The van der Waals surface area contributed by atoms with E-state index in [0.29, 0.717) is 34.4 Å². The normalized spacial score (nSPS) is 10.2. The number of hydrogen-bond acceptors (Lipinski definition) is 8. The molecule has 0 aliphatic carbocycles. The predicted octanol–water partition coefficient (Wildman–Crippen LogP) is 2.29. The van der Waals surface area contributed by atoms with Crippen LogP contribution in [0.3, 0.4) is 0 Å². The van der Waals surface area contributed by atoms with Gasteiger partial charge in [-0.3, -0.25) is 9.59 Å². The van der Waals surface area contributed by atoms with E-state index in [1.807, 2.05) is 6.07 Å². The van der Waals surface area contributed by atoms with Crippen molar-refractivity contribution in [1.82, 2.24) is 9.97 Å². The van der Waals surface area contributed by atoms with Crippen LogP contribution >= 0.6 is 11.8 Å². The molecule has 0 atom stereocenters. The fourth-order valence-corrected chi connectivity index (χ4v) is 2.83. The van der Waals surface area contributed by atoms with Gasteiger partial charge in [0.1, 0.15) is 34.6 Å². The van der Waals surface area contributed by atoms with Gasteiger partial charge in [-0.15, -0.1) is 0 Å². The molecule has 1 heterocycles. The topological polar surface area (TPSA) is 135 Å². The van der Waals surface area contributed by atoms with Gasteiger partial charge < -0.3 is 24.3 Å². The van der Waals surface area contributed by atoms with Crippen molar-refractivity contribution in [3.05, 3.63) is 28.0 Å². The summed E-state index contributed by atoms with van der Waals surface area (Å²) >= 11 is 1.23. The molecule has 0 aliphatic heterocycles. The van der Waals surface area contributed by atoms with Crippen molar-refractivity contribution < 1.29 is 24.1 Å². The summed E-state index contributed by atoms with van der Waals surface area (Å²) in [6, 6.07) is 5.01. The smallest absolute Gasteiger partial charge is 0.303 e. The van der Waals surface area contributed by atoms with Crippen molar-refractivity contribution in [2.75, 3.05) is 27.1 Å². The number of nitrogens with zero attached hydrogens (tertiary/aromatic N) is 2. The predicted molar refractivity (Wildman–Crippen MR) is 102 cm³/mol. The Morgan fingerprint density at radius 1 is 1.32 bits per heavy atom. The average molecular weight is 405 g/mol. The fraction of sp³-hybridized carbons (Fsp3) is 0.333. The Labute approximate surface area is 165 Å². The SMILES string of the molecule is COc1cc(OCCCC(=O)O)cc(OC)c1-c1nc(SC)[nH]c(=O)c1C#N. The maximum absolute atomic E-state index is 12.2. The third-order valence-electron chi connectivity index (χ3n) is 3.72. The van der Waals surface area contributed by atoms with E-state index in [4.69, 9.17) is 19.3 Å². The minimum Gasteiger partial charge on any atom is -0.496 e. The van der Waals surface area contributed by atoms with E-state index in [1.54, 1.807) is 18.4 Å². The van der Waals surface area contributed by atoms with Crippen LogP contribution < -0.4 is 19.8 Å². The quantitative estimate of drug-likeness (QED) is 0.366. The zero-order valence-electron chi connectivity index (χ0n) is 15.6. The third-order valence-corrected chi connectivity index (χ3v) is 4.30. The summed E-state index contributed by atoms with van der Waals surface area (Å²) in [5, 5.41) is 18.5. The number of ether oxygens (including phenoxy) is 3. The number of aromatic nitrogens is 2. The number of carboxylic acids is 1. The highest BCUT2D eigenvalue weighted by molar-refractivity contribution is 7.98. The number of aromatic amines is 1. The second-order valence-electron chi connectivity index (χ2n) is 5.46. The molecule has 1 aromatic carbocycles. The zero-order chi connectivity index (χ0) is 20.7. The molecule has 0 saturated carbocycles. The number of thioether (sulfide) groups is 1. The summed E-state index contributed by atoms with van der Waals surface area (Å²) in [5.41, 5.74) is -0.234. The lowest BCUT2D eigenvalue weighted by Gasteiger charge is -2.16. The van der Waals surface area contributed by atoms with E-state index in [-0.39, 0.29) is 24.3 Å². The molecule has 10 heteroatoms. The second kappa shape index (κ2) is 9.66. The Bertz CT molecular complexity index is 942. The van der Waals surface area contributed by atoms with E-state index in [0.717, 1.165) is 0 Å². The Kier molecular flexibility index (Phi) is 7.28. The number of rotatable bonds is 9. The molecule has 0 bridgehead atoms. The second-order valence-corrected chi connectivity index (χ2v) is 6.25. The first-order valence-corrected chi connectivity index (χ1v) is 9.37. The van der Waals surface area contributed by atoms with Gasteiger partial charge in [0.25, 0.3) is 5.56 Å². The molecule has 0 saturated heterocycles. The van der Waals surface area contributed by atoms with Crippen molar-refractivity contribution in [3.63, 3.8) is 0 Å². The molecule has 148 valence electrons. The van der Waals surface area contributed by atoms with Gasteiger partial charge in [0.2, 0.25) is 0 Å². The molecule has 0 unspecified atom stereocenters. The van der Waals surface area contributed by atoms with Crippen LogP contribution in [0.25, 0.3) is 11.3 Å². The number of H-pyrrole nitrogens is 1. The maximum Gasteiger partial charge on any atom is 0.303 e. The molecule has 1 aromatic heterocycles. The summed E-state index contributed by atoms with van der Waals surface area (Å²) in [4.78, 5) is 29.7. The number of methoxy groups -OCH3 is 2. The van der Waals surface area contributed by atoms with Crippen LogP contribution in [0.5, 0.6) is 17.2 Å². The van der Waals surface area contributed by atoms with Crippen molar-refractivity contribution in [1.29, 1.82) is 5.26 Å². The molecule has 0 fully saturated rings. The summed E-state index contributed by atoms with van der Waals surface area (Å²) in [7, 11) is 2.86. The van der Waals surface area contributed by atoms with Crippen molar-refractivity contribution in [3.8, 4) is 34.6 Å². The van der Waals surface area contributed by atoms with Gasteiger partial charge in [-0.05, 0) is 12.7 Å². The highest BCUT2D eigenvalue weighted by Crippen LogP contribution is 2.42. The summed E-state index contributed by atoms with van der Waals surface area (Å²) in [5.74, 6) is 0.0999. The molecular weight excluding hydrogens is 386 g/mol. The van der Waals surface area contributed by atoms with Crippen LogP contribution in [0.1, 0.15) is 18.4 Å². The standard InChI is InChI=1S/C18H19N3O6S/c1-25-12-7-10(27-6-4-5-14(22)23)8-13(26-2)15(12)16-11(9-19)17(24)21-18(20-16)28-3/h7-8H,4-6H2,1-3H3,(H,22,23)(H,20,21,24). The van der Waals surface area contributed by atoms with E-state index in [9.17, 15) is 14.9 Å². The van der Waals surface area contributed by atoms with Gasteiger partial charge in [-0.1, -0.05) is 11.8 Å². The number of hydrogen-bond donors (Lipinski definition) is 2. The summed E-state index contributed by atoms with van der Waals surface area (Å²) < 4.78 is 16.4. The number of nitrogens with one attached hydrogen (secondary N) is 1. The first-order valence-electron chi connectivity index (χ1n) is 8.14. The van der Waals surface area contributed by atoms with Crippen LogP contribution in [-0.2, 0) is 4.79 Å². The van der Waals surface area contributed by atoms with Crippen LogP contribution in [0.2, 0.25) is 0 Å². The number of aliphatic carboxylic acids is 1. The lowest BCUT2D eigenvalue weighted by atomic mass is 10.0. The lowest BCUT2D eigenvalue weighted by molar-refractivity contribution is -0.137. The molecule has 0 radical (unpaired) electrons. The van der Waals surface area contributed by atoms with Crippen molar-refractivity contribution >= 4 is 17.7 Å². The Hall–Kier alpha value is -3.19. The largest absolute Gasteiger partial charge is 0.496 e. The molecule has 0 aliphatic rings. The minimum atomic E-state index is -0.900. The Morgan fingerprint density at radius 3 is 2.46 bits per heavy atom. The van der Waals surface area contributed by atoms with Crippen LogP contribution in [0.4, 0.5) is 0 Å². The van der Waals surface area contributed by atoms with Crippen molar-refractivity contribution in [2.45, 2.75) is 18.0 Å². The lowest BCUT2D eigenvalue weighted by Crippen LogP contribution is -2.15. The molecule has 2 aromatic rings. The highest BCUT2D eigenvalue weighted by Gasteiger charge is 2.22. The number of carbonyl (C=O) groups is 1. The van der Waals surface area contributed by atoms with E-state index in [1.165, 1.54) is 26.0 Å². The molecule has 9 nitrogen and oxygen atoms in total. The van der Waals surface area contributed by atoms with Gasteiger partial charge >= 0.3 is 5.97 Å². The Morgan fingerprint density at radius 2 is 1.96 bits per heavy atom. The van der Waals surface area contributed by atoms with Gasteiger partial charge in [0.15, 0.2) is 5.16 Å². The number of carboxylic acid groups (broad SMARTS) is 1. The number of nitriles is 1. The van der Waals surface area contributed by atoms with Crippen molar-refractivity contribution in [2.24, 2.45) is 0 Å². The van der Waals surface area contributed by atoms with E-state index < -0.39 is 11.5 Å². The average Bonchev–Trinajstić information content (AvgIpc) is 2.69. The molecule has 2 rings (SSSR count). The van der Waals surface area contributed by atoms with Gasteiger partial charge in [0.05, 0.1) is 26.4 Å². The maximum atomic E-state index is 12.2. The first-order chi connectivity index (χ1) is 13.4.